The maximum absolute atomic E-state index is 13.2. The fourth-order valence-electron chi connectivity index (χ4n) is 3.75. The van der Waals surface area contributed by atoms with E-state index in [0.29, 0.717) is 24.9 Å². The predicted octanol–water partition coefficient (Wildman–Crippen LogP) is 2.48. The molecule has 0 bridgehead atoms. The number of hydrogen-bond acceptors (Lipinski definition) is 5. The first-order valence-electron chi connectivity index (χ1n) is 9.73. The molecular formula is C21H23N3O5S. The van der Waals surface area contributed by atoms with Crippen molar-refractivity contribution in [2.75, 3.05) is 18.4 Å². The number of benzene rings is 2. The van der Waals surface area contributed by atoms with Crippen molar-refractivity contribution in [3.8, 4) is 0 Å². The molecule has 3 aromatic rings. The number of nitrogens with one attached hydrogen (secondary N) is 1. The highest BCUT2D eigenvalue weighted by Gasteiger charge is 2.33. The number of aryl methyl sites for hydroxylation is 2. The minimum Gasteiger partial charge on any atom is -0.408 e. The van der Waals surface area contributed by atoms with Crippen LogP contribution in [0, 0.1) is 12.8 Å². The van der Waals surface area contributed by atoms with E-state index in [1.165, 1.54) is 21.0 Å². The summed E-state index contributed by atoms with van der Waals surface area (Å²) in [5, 5.41) is 2.91. The molecule has 1 aliphatic rings. The molecule has 1 atom stereocenters. The Bertz CT molecular complexity index is 1280. The lowest BCUT2D eigenvalue weighted by Gasteiger charge is -2.31. The maximum atomic E-state index is 13.2. The molecule has 0 aliphatic carbocycles. The lowest BCUT2D eigenvalue weighted by Crippen LogP contribution is -2.43. The smallest absolute Gasteiger partial charge is 0.408 e. The van der Waals surface area contributed by atoms with Crippen molar-refractivity contribution in [1.82, 2.24) is 8.87 Å². The third kappa shape index (κ3) is 3.66. The number of sulfonamides is 1. The van der Waals surface area contributed by atoms with Gasteiger partial charge in [-0.15, -0.1) is 0 Å². The number of hydrogen-bond donors (Lipinski definition) is 1. The van der Waals surface area contributed by atoms with Gasteiger partial charge in [0.05, 0.1) is 16.3 Å². The largest absolute Gasteiger partial charge is 0.419 e. The van der Waals surface area contributed by atoms with Crippen LogP contribution >= 0.6 is 0 Å². The van der Waals surface area contributed by atoms with Crippen molar-refractivity contribution in [3.63, 3.8) is 0 Å². The Labute approximate surface area is 174 Å². The standard InChI is InChI=1S/C21H23N3O5S/c1-14-6-3-4-8-17(14)22-20(25)15-7-5-11-24(13-15)30(27,28)16-9-10-18-19(12-16)29-21(26)23(18)2/h3-4,6,8-10,12,15H,5,7,11,13H2,1-2H3,(H,22,25)/t15-/m0/s1. The number of nitrogens with zero attached hydrogens (tertiary/aromatic N) is 2. The number of rotatable bonds is 4. The molecule has 8 nitrogen and oxygen atoms in total. The first-order chi connectivity index (χ1) is 14.3. The Morgan fingerprint density at radius 3 is 2.73 bits per heavy atom. The van der Waals surface area contributed by atoms with Crippen LogP contribution in [0.1, 0.15) is 18.4 Å². The summed E-state index contributed by atoms with van der Waals surface area (Å²) in [6, 6.07) is 11.9. The molecule has 1 amide bonds. The van der Waals surface area contributed by atoms with Gasteiger partial charge in [-0.25, -0.2) is 13.2 Å². The van der Waals surface area contributed by atoms with Crippen molar-refractivity contribution in [2.45, 2.75) is 24.7 Å². The first kappa shape index (κ1) is 20.4. The van der Waals surface area contributed by atoms with E-state index >= 15 is 0 Å². The molecule has 2 heterocycles. The molecular weight excluding hydrogens is 406 g/mol. The van der Waals surface area contributed by atoms with Crippen LogP contribution in [0.5, 0.6) is 0 Å². The molecule has 30 heavy (non-hydrogen) atoms. The minimum atomic E-state index is -3.82. The topological polar surface area (TPSA) is 102 Å². The lowest BCUT2D eigenvalue weighted by molar-refractivity contribution is -0.120. The zero-order valence-corrected chi connectivity index (χ0v) is 17.6. The average molecular weight is 429 g/mol. The highest BCUT2D eigenvalue weighted by molar-refractivity contribution is 7.89. The van der Waals surface area contributed by atoms with Gasteiger partial charge < -0.3 is 9.73 Å². The van der Waals surface area contributed by atoms with Crippen molar-refractivity contribution in [2.24, 2.45) is 13.0 Å². The molecule has 158 valence electrons. The molecule has 2 aromatic carbocycles. The van der Waals surface area contributed by atoms with Gasteiger partial charge in [-0.05, 0) is 43.5 Å². The molecule has 4 rings (SSSR count). The maximum Gasteiger partial charge on any atom is 0.419 e. The number of para-hydroxylation sites is 1. The van der Waals surface area contributed by atoms with E-state index < -0.39 is 21.7 Å². The summed E-state index contributed by atoms with van der Waals surface area (Å²) < 4.78 is 34.1. The van der Waals surface area contributed by atoms with Crippen LogP contribution in [-0.2, 0) is 21.9 Å². The van der Waals surface area contributed by atoms with Crippen LogP contribution in [0.3, 0.4) is 0 Å². The lowest BCUT2D eigenvalue weighted by atomic mass is 9.98. The van der Waals surface area contributed by atoms with Crippen LogP contribution in [-0.4, -0.2) is 36.3 Å². The molecule has 9 heteroatoms. The van der Waals surface area contributed by atoms with Gasteiger partial charge in [-0.3, -0.25) is 9.36 Å². The second-order valence-electron chi connectivity index (χ2n) is 7.56. The number of carbonyl (C=O) groups excluding carboxylic acids is 1. The van der Waals surface area contributed by atoms with Gasteiger partial charge in [0.25, 0.3) is 0 Å². The number of aromatic nitrogens is 1. The number of fused-ring (bicyclic) bond motifs is 1. The summed E-state index contributed by atoms with van der Waals surface area (Å²) >= 11 is 0. The van der Waals surface area contributed by atoms with Gasteiger partial charge in [0.15, 0.2) is 5.58 Å². The van der Waals surface area contributed by atoms with Gasteiger partial charge in [0.2, 0.25) is 15.9 Å². The Hall–Kier alpha value is -2.91. The monoisotopic (exact) mass is 429 g/mol. The van der Waals surface area contributed by atoms with E-state index in [1.54, 1.807) is 13.1 Å². The van der Waals surface area contributed by atoms with Gasteiger partial charge in [0.1, 0.15) is 0 Å². The predicted molar refractivity (Wildman–Crippen MR) is 113 cm³/mol. The molecule has 0 unspecified atom stereocenters. The van der Waals surface area contributed by atoms with E-state index in [4.69, 9.17) is 4.42 Å². The van der Waals surface area contributed by atoms with E-state index in [0.717, 1.165) is 11.3 Å². The number of carbonyl (C=O) groups is 1. The van der Waals surface area contributed by atoms with E-state index in [1.807, 2.05) is 31.2 Å². The summed E-state index contributed by atoms with van der Waals surface area (Å²) in [7, 11) is -2.26. The number of amides is 1. The fourth-order valence-corrected chi connectivity index (χ4v) is 5.29. The normalized spacial score (nSPS) is 17.9. The first-order valence-corrected chi connectivity index (χ1v) is 11.2. The van der Waals surface area contributed by atoms with Crippen LogP contribution in [0.25, 0.3) is 11.1 Å². The second kappa shape index (κ2) is 7.73. The van der Waals surface area contributed by atoms with Gasteiger partial charge in [-0.2, -0.15) is 4.31 Å². The third-order valence-corrected chi connectivity index (χ3v) is 7.42. The van der Waals surface area contributed by atoms with E-state index in [2.05, 4.69) is 5.32 Å². The van der Waals surface area contributed by atoms with Crippen molar-refractivity contribution < 1.29 is 17.6 Å². The highest BCUT2D eigenvalue weighted by Crippen LogP contribution is 2.27. The zero-order valence-electron chi connectivity index (χ0n) is 16.8. The Morgan fingerprint density at radius 2 is 1.97 bits per heavy atom. The molecule has 1 N–H and O–H groups in total. The van der Waals surface area contributed by atoms with Gasteiger partial charge in [0, 0.05) is 31.9 Å². The van der Waals surface area contributed by atoms with Crippen molar-refractivity contribution in [3.05, 3.63) is 58.6 Å². The second-order valence-corrected chi connectivity index (χ2v) is 9.50. The third-order valence-electron chi connectivity index (χ3n) is 5.56. The minimum absolute atomic E-state index is 0.0457. The van der Waals surface area contributed by atoms with Crippen molar-refractivity contribution >= 4 is 32.7 Å². The van der Waals surface area contributed by atoms with Crippen LogP contribution in [0.2, 0.25) is 0 Å². The Kier molecular flexibility index (Phi) is 5.25. The summed E-state index contributed by atoms with van der Waals surface area (Å²) in [6.07, 6.45) is 1.21. The van der Waals surface area contributed by atoms with Crippen molar-refractivity contribution in [1.29, 1.82) is 0 Å². The molecule has 1 fully saturated rings. The van der Waals surface area contributed by atoms with Gasteiger partial charge >= 0.3 is 5.76 Å². The summed E-state index contributed by atoms with van der Waals surface area (Å²) in [5.41, 5.74) is 2.42. The Morgan fingerprint density at radius 1 is 1.20 bits per heavy atom. The fraction of sp³-hybridized carbons (Fsp3) is 0.333. The van der Waals surface area contributed by atoms with Gasteiger partial charge in [-0.1, -0.05) is 18.2 Å². The zero-order chi connectivity index (χ0) is 21.5. The molecule has 1 saturated heterocycles. The van der Waals surface area contributed by atoms with E-state index in [-0.39, 0.29) is 22.9 Å². The summed E-state index contributed by atoms with van der Waals surface area (Å²) in [6.45, 7) is 2.36. The summed E-state index contributed by atoms with van der Waals surface area (Å²) in [5.74, 6) is -1.18. The Balaban J connectivity index is 1.55. The molecule has 1 aliphatic heterocycles. The van der Waals surface area contributed by atoms with Crippen LogP contribution in [0.4, 0.5) is 5.69 Å². The molecule has 0 saturated carbocycles. The SMILES string of the molecule is Cc1ccccc1NC(=O)[C@H]1CCCN(S(=O)(=O)c2ccc3c(c2)oc(=O)n3C)C1. The summed E-state index contributed by atoms with van der Waals surface area (Å²) in [4.78, 5) is 24.5. The van der Waals surface area contributed by atoms with Crippen LogP contribution in [0.15, 0.2) is 56.6 Å². The molecule has 0 spiro atoms. The number of piperidine rings is 1. The van der Waals surface area contributed by atoms with E-state index in [9.17, 15) is 18.0 Å². The van der Waals surface area contributed by atoms with Crippen LogP contribution < -0.4 is 11.1 Å². The molecule has 0 radical (unpaired) electrons. The quantitative estimate of drug-likeness (QED) is 0.687. The number of oxazole rings is 1. The average Bonchev–Trinajstić information content (AvgIpc) is 3.03. The number of anilines is 1. The highest BCUT2D eigenvalue weighted by atomic mass is 32.2. The molecule has 1 aromatic heterocycles.